The molecule has 0 amide bonds. The van der Waals surface area contributed by atoms with E-state index in [0.29, 0.717) is 6.04 Å². The van der Waals surface area contributed by atoms with Crippen molar-refractivity contribution in [1.82, 2.24) is 10.2 Å². The molecule has 0 spiro atoms. The lowest BCUT2D eigenvalue weighted by molar-refractivity contribution is -0.0726. The number of rotatable bonds is 4. The minimum atomic E-state index is -0.111. The number of nitrogens with one attached hydrogen (secondary N) is 1. The number of aliphatic hydroxyl groups excluding tert-OH is 1. The Balaban J connectivity index is 1.61. The smallest absolute Gasteiger partial charge is 0.0621 e. The Hall–Kier alpha value is -0.120. The van der Waals surface area contributed by atoms with Crippen molar-refractivity contribution in [1.29, 1.82) is 0 Å². The number of piperidine rings is 1. The van der Waals surface area contributed by atoms with E-state index in [1.807, 2.05) is 0 Å². The molecule has 0 bridgehead atoms. The minimum absolute atomic E-state index is 0.0713. The number of likely N-dealkylation sites (tertiary alicyclic amines) is 1. The second-order valence-corrected chi connectivity index (χ2v) is 5.98. The fourth-order valence-electron chi connectivity index (χ4n) is 2.83. The predicted octanol–water partition coefficient (Wildman–Crippen LogP) is 1.22. The molecular weight excluding hydrogens is 200 g/mol. The zero-order valence-electron chi connectivity index (χ0n) is 10.7. The van der Waals surface area contributed by atoms with Crippen LogP contribution in [0.25, 0.3) is 0 Å². The van der Waals surface area contributed by atoms with E-state index in [1.54, 1.807) is 0 Å². The van der Waals surface area contributed by atoms with E-state index < -0.39 is 0 Å². The number of hydrogen-bond acceptors (Lipinski definition) is 3. The maximum Gasteiger partial charge on any atom is 0.0621 e. The third-order valence-corrected chi connectivity index (χ3v) is 4.48. The van der Waals surface area contributed by atoms with Gasteiger partial charge in [-0.3, -0.25) is 0 Å². The molecule has 2 aliphatic rings. The van der Waals surface area contributed by atoms with E-state index in [1.165, 1.54) is 38.9 Å². The van der Waals surface area contributed by atoms with Crippen LogP contribution in [0, 0.1) is 5.41 Å². The summed E-state index contributed by atoms with van der Waals surface area (Å²) in [6.45, 7) is 9.10. The third kappa shape index (κ3) is 2.58. The average molecular weight is 226 g/mol. The highest BCUT2D eigenvalue weighted by atomic mass is 16.3. The lowest BCUT2D eigenvalue weighted by atomic mass is 9.64. The molecule has 1 heterocycles. The molecule has 1 aliphatic heterocycles. The topological polar surface area (TPSA) is 35.5 Å². The Morgan fingerprint density at radius 1 is 1.25 bits per heavy atom. The molecule has 2 rings (SSSR count). The van der Waals surface area contributed by atoms with E-state index in [4.69, 9.17) is 0 Å². The van der Waals surface area contributed by atoms with Gasteiger partial charge in [-0.05, 0) is 32.4 Å². The summed E-state index contributed by atoms with van der Waals surface area (Å²) in [7, 11) is 0. The summed E-state index contributed by atoms with van der Waals surface area (Å²) >= 11 is 0. The SMILES string of the molecule is CC1(C)C(O)CC1NCCN1CCCCC1. The van der Waals surface area contributed by atoms with Crippen molar-refractivity contribution in [3.05, 3.63) is 0 Å². The van der Waals surface area contributed by atoms with Crippen LogP contribution in [-0.4, -0.2) is 48.3 Å². The van der Waals surface area contributed by atoms with Gasteiger partial charge < -0.3 is 15.3 Å². The largest absolute Gasteiger partial charge is 0.392 e. The average Bonchev–Trinajstić information content (AvgIpc) is 2.29. The highest BCUT2D eigenvalue weighted by Gasteiger charge is 2.46. The second kappa shape index (κ2) is 5.03. The molecule has 3 nitrogen and oxygen atoms in total. The normalized spacial score (nSPS) is 34.7. The zero-order chi connectivity index (χ0) is 11.6. The summed E-state index contributed by atoms with van der Waals surface area (Å²) in [5.74, 6) is 0. The monoisotopic (exact) mass is 226 g/mol. The molecule has 94 valence electrons. The lowest BCUT2D eigenvalue weighted by Gasteiger charge is -2.50. The van der Waals surface area contributed by atoms with Crippen LogP contribution in [0.5, 0.6) is 0 Å². The van der Waals surface area contributed by atoms with Gasteiger partial charge in [0.15, 0.2) is 0 Å². The van der Waals surface area contributed by atoms with Crippen LogP contribution in [0.2, 0.25) is 0 Å². The minimum Gasteiger partial charge on any atom is -0.392 e. The predicted molar refractivity (Wildman–Crippen MR) is 66.5 cm³/mol. The number of aliphatic hydroxyl groups is 1. The summed E-state index contributed by atoms with van der Waals surface area (Å²) < 4.78 is 0. The first-order chi connectivity index (χ1) is 7.60. The van der Waals surface area contributed by atoms with Crippen LogP contribution in [0.4, 0.5) is 0 Å². The Kier molecular flexibility index (Phi) is 3.88. The fraction of sp³-hybridized carbons (Fsp3) is 1.00. The standard InChI is InChI=1S/C13H26N2O/c1-13(2)11(10-12(13)16)14-6-9-15-7-4-3-5-8-15/h11-12,14,16H,3-10H2,1-2H3. The zero-order valence-corrected chi connectivity index (χ0v) is 10.7. The van der Waals surface area contributed by atoms with Gasteiger partial charge in [0.05, 0.1) is 6.10 Å². The Bertz CT molecular complexity index is 224. The molecule has 2 N–H and O–H groups in total. The maximum absolute atomic E-state index is 9.64. The molecule has 1 saturated carbocycles. The van der Waals surface area contributed by atoms with Gasteiger partial charge in [-0.1, -0.05) is 20.3 Å². The van der Waals surface area contributed by atoms with Crippen molar-refractivity contribution in [2.45, 2.75) is 51.7 Å². The fourth-order valence-corrected chi connectivity index (χ4v) is 2.83. The molecule has 1 aliphatic carbocycles. The van der Waals surface area contributed by atoms with Crippen LogP contribution in [0.3, 0.4) is 0 Å². The van der Waals surface area contributed by atoms with Crippen molar-refractivity contribution in [2.75, 3.05) is 26.2 Å². The highest BCUT2D eigenvalue weighted by Crippen LogP contribution is 2.40. The van der Waals surface area contributed by atoms with E-state index in [9.17, 15) is 5.11 Å². The van der Waals surface area contributed by atoms with Crippen LogP contribution < -0.4 is 5.32 Å². The van der Waals surface area contributed by atoms with E-state index in [0.717, 1.165) is 13.0 Å². The first-order valence-electron chi connectivity index (χ1n) is 6.74. The van der Waals surface area contributed by atoms with Gasteiger partial charge in [-0.15, -0.1) is 0 Å². The van der Waals surface area contributed by atoms with Crippen molar-refractivity contribution in [2.24, 2.45) is 5.41 Å². The third-order valence-electron chi connectivity index (χ3n) is 4.48. The Labute approximate surface area is 99.2 Å². The van der Waals surface area contributed by atoms with E-state index in [-0.39, 0.29) is 11.5 Å². The van der Waals surface area contributed by atoms with Gasteiger partial charge in [-0.2, -0.15) is 0 Å². The maximum atomic E-state index is 9.64. The summed E-state index contributed by atoms with van der Waals surface area (Å²) in [5.41, 5.74) is 0.0713. The molecule has 1 saturated heterocycles. The van der Waals surface area contributed by atoms with Crippen molar-refractivity contribution >= 4 is 0 Å². The van der Waals surface area contributed by atoms with Gasteiger partial charge in [0.1, 0.15) is 0 Å². The van der Waals surface area contributed by atoms with Crippen LogP contribution in [-0.2, 0) is 0 Å². The number of nitrogens with zero attached hydrogens (tertiary/aromatic N) is 1. The van der Waals surface area contributed by atoms with E-state index >= 15 is 0 Å². The van der Waals surface area contributed by atoms with Gasteiger partial charge in [-0.25, -0.2) is 0 Å². The van der Waals surface area contributed by atoms with Crippen molar-refractivity contribution < 1.29 is 5.11 Å². The van der Waals surface area contributed by atoms with Gasteiger partial charge in [0, 0.05) is 24.5 Å². The van der Waals surface area contributed by atoms with Crippen molar-refractivity contribution in [3.63, 3.8) is 0 Å². The molecule has 0 aromatic carbocycles. The van der Waals surface area contributed by atoms with Crippen LogP contribution in [0.15, 0.2) is 0 Å². The molecule has 0 aromatic rings. The molecule has 2 unspecified atom stereocenters. The first-order valence-corrected chi connectivity index (χ1v) is 6.74. The number of hydrogen-bond donors (Lipinski definition) is 2. The van der Waals surface area contributed by atoms with Gasteiger partial charge >= 0.3 is 0 Å². The summed E-state index contributed by atoms with van der Waals surface area (Å²) in [4.78, 5) is 2.55. The molecule has 3 heteroatoms. The first kappa shape index (κ1) is 12.3. The summed E-state index contributed by atoms with van der Waals surface area (Å²) in [5, 5.41) is 13.2. The molecule has 0 radical (unpaired) electrons. The summed E-state index contributed by atoms with van der Waals surface area (Å²) in [6.07, 6.45) is 4.96. The quantitative estimate of drug-likeness (QED) is 0.756. The van der Waals surface area contributed by atoms with Gasteiger partial charge in [0.2, 0.25) is 0 Å². The highest BCUT2D eigenvalue weighted by molar-refractivity contribution is 5.01. The molecule has 16 heavy (non-hydrogen) atoms. The van der Waals surface area contributed by atoms with Gasteiger partial charge in [0.25, 0.3) is 0 Å². The lowest BCUT2D eigenvalue weighted by Crippen LogP contribution is -2.60. The molecule has 2 fully saturated rings. The van der Waals surface area contributed by atoms with E-state index in [2.05, 4.69) is 24.1 Å². The van der Waals surface area contributed by atoms with Crippen LogP contribution in [0.1, 0.15) is 39.5 Å². The second-order valence-electron chi connectivity index (χ2n) is 5.98. The Morgan fingerprint density at radius 3 is 2.50 bits per heavy atom. The van der Waals surface area contributed by atoms with Crippen LogP contribution >= 0.6 is 0 Å². The Morgan fingerprint density at radius 2 is 1.94 bits per heavy atom. The molecular formula is C13H26N2O. The molecule has 2 atom stereocenters. The molecule has 0 aromatic heterocycles. The summed E-state index contributed by atoms with van der Waals surface area (Å²) in [6, 6.07) is 0.507. The van der Waals surface area contributed by atoms with Crippen molar-refractivity contribution in [3.8, 4) is 0 Å².